The number of rotatable bonds is 5. The molecule has 0 atom stereocenters. The fourth-order valence-electron chi connectivity index (χ4n) is 2.73. The van der Waals surface area contributed by atoms with Gasteiger partial charge in [-0.3, -0.25) is 4.79 Å². The minimum atomic E-state index is -0.111. The van der Waals surface area contributed by atoms with Crippen molar-refractivity contribution in [1.82, 2.24) is 14.9 Å². The normalized spacial score (nSPS) is 10.7. The Morgan fingerprint density at radius 1 is 1.08 bits per heavy atom. The molecule has 0 aliphatic rings. The van der Waals surface area contributed by atoms with Gasteiger partial charge in [-0.1, -0.05) is 41.6 Å². The second kappa shape index (κ2) is 7.61. The van der Waals surface area contributed by atoms with Crippen LogP contribution in [0.25, 0.3) is 11.4 Å². The molecule has 0 fully saturated rings. The van der Waals surface area contributed by atoms with Crippen LogP contribution in [0.2, 0.25) is 0 Å². The number of carbonyl (C=O) groups is 1. The fourth-order valence-corrected chi connectivity index (χ4v) is 3.39. The zero-order valence-electron chi connectivity index (χ0n) is 15.0. The van der Waals surface area contributed by atoms with Crippen LogP contribution in [0.5, 0.6) is 0 Å². The molecule has 0 aliphatic heterocycles. The number of hydrogen-bond acceptors (Lipinski definition) is 5. The predicted octanol–water partition coefficient (Wildman–Crippen LogP) is 3.31. The number of thioether (sulfide) groups is 1. The molecule has 0 saturated carbocycles. The number of nitrogens with one attached hydrogen (secondary N) is 1. The second-order valence-corrected chi connectivity index (χ2v) is 7.20. The van der Waals surface area contributed by atoms with Crippen LogP contribution in [0.4, 0.5) is 5.69 Å². The third kappa shape index (κ3) is 4.23. The number of benzene rings is 2. The van der Waals surface area contributed by atoms with Crippen molar-refractivity contribution in [2.75, 3.05) is 16.9 Å². The van der Waals surface area contributed by atoms with Gasteiger partial charge < -0.3 is 11.2 Å². The largest absolute Gasteiger partial charge is 0.335 e. The highest BCUT2D eigenvalue weighted by Crippen LogP contribution is 2.22. The highest BCUT2D eigenvalue weighted by Gasteiger charge is 2.14. The van der Waals surface area contributed by atoms with Gasteiger partial charge in [0.2, 0.25) is 11.1 Å². The number of aromatic nitrogens is 3. The van der Waals surface area contributed by atoms with Crippen molar-refractivity contribution in [1.29, 1.82) is 0 Å². The molecule has 3 rings (SSSR count). The van der Waals surface area contributed by atoms with Gasteiger partial charge in [-0.05, 0) is 50.1 Å². The molecular weight excluding hydrogens is 346 g/mol. The summed E-state index contributed by atoms with van der Waals surface area (Å²) in [5.41, 5.74) is 5.02. The van der Waals surface area contributed by atoms with E-state index in [9.17, 15) is 4.79 Å². The summed E-state index contributed by atoms with van der Waals surface area (Å²) >= 11 is 1.25. The third-order valence-electron chi connectivity index (χ3n) is 3.78. The minimum absolute atomic E-state index is 0.111. The molecule has 3 N–H and O–H groups in total. The lowest BCUT2D eigenvalue weighted by Gasteiger charge is -2.07. The van der Waals surface area contributed by atoms with Gasteiger partial charge in [-0.25, -0.2) is 4.68 Å². The van der Waals surface area contributed by atoms with Gasteiger partial charge in [0.25, 0.3) is 0 Å². The average molecular weight is 367 g/mol. The first-order valence-corrected chi connectivity index (χ1v) is 9.19. The van der Waals surface area contributed by atoms with Crippen LogP contribution in [-0.2, 0) is 4.79 Å². The van der Waals surface area contributed by atoms with Crippen LogP contribution >= 0.6 is 11.8 Å². The standard InChI is InChI=1S/C19H21N5OS/c1-12-5-4-6-15(8-12)18-22-23-19(24(18)20)26-11-17(25)21-16-9-13(2)7-14(3)10-16/h4-10H,11,20H2,1-3H3,(H,21,25). The van der Waals surface area contributed by atoms with E-state index in [1.54, 1.807) is 0 Å². The van der Waals surface area contributed by atoms with Crippen molar-refractivity contribution in [3.63, 3.8) is 0 Å². The first-order chi connectivity index (χ1) is 12.4. The van der Waals surface area contributed by atoms with Gasteiger partial charge >= 0.3 is 0 Å². The van der Waals surface area contributed by atoms with E-state index in [1.165, 1.54) is 16.4 Å². The Balaban J connectivity index is 1.65. The Hall–Kier alpha value is -2.80. The van der Waals surface area contributed by atoms with Crippen molar-refractivity contribution in [3.8, 4) is 11.4 Å². The number of nitrogens with two attached hydrogens (primary N) is 1. The van der Waals surface area contributed by atoms with E-state index in [2.05, 4.69) is 21.6 Å². The van der Waals surface area contributed by atoms with E-state index >= 15 is 0 Å². The average Bonchev–Trinajstić information content (AvgIpc) is 2.93. The lowest BCUT2D eigenvalue weighted by molar-refractivity contribution is -0.113. The summed E-state index contributed by atoms with van der Waals surface area (Å²) in [4.78, 5) is 12.2. The van der Waals surface area contributed by atoms with E-state index in [1.807, 2.05) is 57.2 Å². The Labute approximate surface area is 156 Å². The highest BCUT2D eigenvalue weighted by atomic mass is 32.2. The van der Waals surface area contributed by atoms with E-state index < -0.39 is 0 Å². The number of nitrogen functional groups attached to an aromatic ring is 1. The van der Waals surface area contributed by atoms with Gasteiger partial charge in [0.05, 0.1) is 5.75 Å². The summed E-state index contributed by atoms with van der Waals surface area (Å²) in [5, 5.41) is 11.6. The van der Waals surface area contributed by atoms with Crippen LogP contribution in [0.3, 0.4) is 0 Å². The van der Waals surface area contributed by atoms with E-state index in [-0.39, 0.29) is 11.7 Å². The van der Waals surface area contributed by atoms with Crippen molar-refractivity contribution in [2.24, 2.45) is 0 Å². The quantitative estimate of drug-likeness (QED) is 0.534. The van der Waals surface area contributed by atoms with Gasteiger partial charge in [0.1, 0.15) is 0 Å². The number of nitrogens with zero attached hydrogens (tertiary/aromatic N) is 3. The maximum atomic E-state index is 12.2. The van der Waals surface area contributed by atoms with Crippen molar-refractivity contribution >= 4 is 23.4 Å². The smallest absolute Gasteiger partial charge is 0.234 e. The maximum absolute atomic E-state index is 12.2. The zero-order chi connectivity index (χ0) is 18.7. The number of carbonyl (C=O) groups excluding carboxylic acids is 1. The number of hydrogen-bond donors (Lipinski definition) is 2. The summed E-state index contributed by atoms with van der Waals surface area (Å²) in [6, 6.07) is 13.8. The Bertz CT molecular complexity index is 931. The van der Waals surface area contributed by atoms with Crippen molar-refractivity contribution in [2.45, 2.75) is 25.9 Å². The second-order valence-electron chi connectivity index (χ2n) is 6.26. The monoisotopic (exact) mass is 367 g/mol. The van der Waals surface area contributed by atoms with Crippen LogP contribution < -0.4 is 11.2 Å². The molecule has 3 aromatic rings. The molecular formula is C19H21N5OS. The molecule has 26 heavy (non-hydrogen) atoms. The zero-order valence-corrected chi connectivity index (χ0v) is 15.8. The molecule has 0 radical (unpaired) electrons. The lowest BCUT2D eigenvalue weighted by atomic mass is 10.1. The van der Waals surface area contributed by atoms with E-state index in [4.69, 9.17) is 5.84 Å². The molecule has 0 aliphatic carbocycles. The molecule has 6 nitrogen and oxygen atoms in total. The molecule has 0 unspecified atom stereocenters. The van der Waals surface area contributed by atoms with Crippen molar-refractivity contribution in [3.05, 3.63) is 59.2 Å². The molecule has 1 heterocycles. The molecule has 1 aromatic heterocycles. The van der Waals surface area contributed by atoms with Gasteiger partial charge in [0, 0.05) is 11.3 Å². The maximum Gasteiger partial charge on any atom is 0.234 e. The number of aryl methyl sites for hydroxylation is 3. The molecule has 1 amide bonds. The molecule has 7 heteroatoms. The third-order valence-corrected chi connectivity index (χ3v) is 4.72. The lowest BCUT2D eigenvalue weighted by Crippen LogP contribution is -2.16. The summed E-state index contributed by atoms with van der Waals surface area (Å²) < 4.78 is 1.42. The van der Waals surface area contributed by atoms with Gasteiger partial charge in [-0.2, -0.15) is 0 Å². The number of amides is 1. The Kier molecular flexibility index (Phi) is 5.27. The van der Waals surface area contributed by atoms with Crippen molar-refractivity contribution < 1.29 is 4.79 Å². The number of anilines is 1. The predicted molar refractivity (Wildman–Crippen MR) is 106 cm³/mol. The minimum Gasteiger partial charge on any atom is -0.335 e. The molecule has 2 aromatic carbocycles. The first kappa shape index (κ1) is 18.0. The van der Waals surface area contributed by atoms with Gasteiger partial charge in [0.15, 0.2) is 5.82 Å². The Morgan fingerprint density at radius 3 is 2.50 bits per heavy atom. The van der Waals surface area contributed by atoms with Crippen LogP contribution in [0, 0.1) is 20.8 Å². The van der Waals surface area contributed by atoms with Gasteiger partial charge in [-0.15, -0.1) is 10.2 Å². The van der Waals surface area contributed by atoms with E-state index in [0.717, 1.165) is 27.9 Å². The fraction of sp³-hybridized carbons (Fsp3) is 0.211. The summed E-state index contributed by atoms with van der Waals surface area (Å²) in [5.74, 6) is 6.77. The molecule has 0 spiro atoms. The van der Waals surface area contributed by atoms with Crippen LogP contribution in [0.15, 0.2) is 47.6 Å². The Morgan fingerprint density at radius 2 is 1.81 bits per heavy atom. The van der Waals surface area contributed by atoms with Crippen LogP contribution in [-0.4, -0.2) is 26.5 Å². The summed E-state index contributed by atoms with van der Waals surface area (Å²) in [7, 11) is 0. The summed E-state index contributed by atoms with van der Waals surface area (Å²) in [6.45, 7) is 6.01. The SMILES string of the molecule is Cc1cc(C)cc(NC(=O)CSc2nnc(-c3cccc(C)c3)n2N)c1. The molecule has 134 valence electrons. The molecule has 0 saturated heterocycles. The topological polar surface area (TPSA) is 85.8 Å². The first-order valence-electron chi connectivity index (χ1n) is 8.21. The molecule has 0 bridgehead atoms. The van der Waals surface area contributed by atoms with Crippen LogP contribution in [0.1, 0.15) is 16.7 Å². The summed E-state index contributed by atoms with van der Waals surface area (Å²) in [6.07, 6.45) is 0. The highest BCUT2D eigenvalue weighted by molar-refractivity contribution is 7.99. The van der Waals surface area contributed by atoms with E-state index in [0.29, 0.717) is 11.0 Å².